The van der Waals surface area contributed by atoms with Crippen molar-refractivity contribution in [3.63, 3.8) is 0 Å². The van der Waals surface area contributed by atoms with Crippen molar-refractivity contribution in [1.82, 2.24) is 10.1 Å². The summed E-state index contributed by atoms with van der Waals surface area (Å²) >= 11 is 6.28. The van der Waals surface area contributed by atoms with Gasteiger partial charge in [-0.2, -0.15) is 9.98 Å². The molecule has 0 aliphatic carbocycles. The summed E-state index contributed by atoms with van der Waals surface area (Å²) in [4.78, 5) is 8.56. The van der Waals surface area contributed by atoms with Crippen LogP contribution in [0.3, 0.4) is 0 Å². The second-order valence-electron chi connectivity index (χ2n) is 5.23. The van der Waals surface area contributed by atoms with Crippen LogP contribution in [0.2, 0.25) is 0 Å². The first-order valence-electron chi connectivity index (χ1n) is 7.72. The van der Waals surface area contributed by atoms with E-state index in [9.17, 15) is 0 Å². The molecule has 1 aromatic heterocycles. The van der Waals surface area contributed by atoms with E-state index in [0.29, 0.717) is 28.8 Å². The van der Waals surface area contributed by atoms with E-state index in [4.69, 9.17) is 21.5 Å². The number of aromatic nitrogens is 2. The van der Waals surface area contributed by atoms with Crippen LogP contribution in [0.4, 0.5) is 11.6 Å². The normalized spacial score (nSPS) is 12.8. The molecule has 0 saturated heterocycles. The van der Waals surface area contributed by atoms with Crippen molar-refractivity contribution in [3.05, 3.63) is 60.0 Å². The molecule has 128 valence electrons. The standard InChI is InChI=1S/C18H12N4O2S2/c25-12-19-16-11-14(23-13-5-2-1-3-6-13)7-8-15(16)17-20-18(21-24-17)22-9-4-10-26-22/h1-8,10-11H,9H2. The summed E-state index contributed by atoms with van der Waals surface area (Å²) in [5, 5.41) is 8.39. The van der Waals surface area contributed by atoms with Crippen LogP contribution < -0.4 is 9.04 Å². The predicted octanol–water partition coefficient (Wildman–Crippen LogP) is 5.25. The number of anilines is 1. The average Bonchev–Trinajstić information content (AvgIpc) is 3.35. The lowest BCUT2D eigenvalue weighted by molar-refractivity contribution is 0.431. The van der Waals surface area contributed by atoms with Gasteiger partial charge in [0.2, 0.25) is 0 Å². The van der Waals surface area contributed by atoms with Crippen LogP contribution in [0.15, 0.2) is 69.5 Å². The van der Waals surface area contributed by atoms with E-state index in [-0.39, 0.29) is 0 Å². The van der Waals surface area contributed by atoms with Crippen LogP contribution in [0.5, 0.6) is 11.5 Å². The minimum Gasteiger partial charge on any atom is -0.457 e. The Labute approximate surface area is 159 Å². The molecule has 0 unspecified atom stereocenters. The van der Waals surface area contributed by atoms with E-state index >= 15 is 0 Å². The lowest BCUT2D eigenvalue weighted by atomic mass is 10.1. The third-order valence-corrected chi connectivity index (χ3v) is 4.51. The summed E-state index contributed by atoms with van der Waals surface area (Å²) in [5.74, 6) is 2.24. The zero-order valence-corrected chi connectivity index (χ0v) is 15.0. The molecule has 3 aromatic rings. The van der Waals surface area contributed by atoms with E-state index in [0.717, 1.165) is 12.3 Å². The molecular formula is C18H12N4O2S2. The van der Waals surface area contributed by atoms with Gasteiger partial charge in [0.05, 0.1) is 23.0 Å². The summed E-state index contributed by atoms with van der Waals surface area (Å²) in [6.07, 6.45) is 2.03. The van der Waals surface area contributed by atoms with Crippen LogP contribution in [-0.2, 0) is 0 Å². The maximum atomic E-state index is 5.83. The third-order valence-electron chi connectivity index (χ3n) is 3.54. The predicted molar refractivity (Wildman–Crippen MR) is 105 cm³/mol. The van der Waals surface area contributed by atoms with Crippen LogP contribution in [0.1, 0.15) is 0 Å². The van der Waals surface area contributed by atoms with Gasteiger partial charge in [0, 0.05) is 6.07 Å². The summed E-state index contributed by atoms with van der Waals surface area (Å²) in [6.45, 7) is 0.735. The minimum atomic E-state index is 0.364. The fourth-order valence-corrected chi connectivity index (χ4v) is 3.13. The van der Waals surface area contributed by atoms with Gasteiger partial charge in [-0.3, -0.25) is 4.31 Å². The van der Waals surface area contributed by atoms with Crippen molar-refractivity contribution in [1.29, 1.82) is 0 Å². The number of isothiocyanates is 1. The number of benzene rings is 2. The minimum absolute atomic E-state index is 0.364. The van der Waals surface area contributed by atoms with Crippen molar-refractivity contribution >= 4 is 41.0 Å². The topological polar surface area (TPSA) is 63.8 Å². The van der Waals surface area contributed by atoms with Crippen LogP contribution in [0.25, 0.3) is 11.5 Å². The molecule has 6 nitrogen and oxygen atoms in total. The molecule has 0 radical (unpaired) electrons. The molecule has 0 N–H and O–H groups in total. The highest BCUT2D eigenvalue weighted by atomic mass is 32.2. The molecule has 1 aliphatic heterocycles. The van der Waals surface area contributed by atoms with Crippen LogP contribution >= 0.6 is 24.2 Å². The molecule has 8 heteroatoms. The van der Waals surface area contributed by atoms with Crippen molar-refractivity contribution < 1.29 is 9.26 Å². The number of rotatable bonds is 5. The smallest absolute Gasteiger partial charge is 0.276 e. The van der Waals surface area contributed by atoms with Gasteiger partial charge in [-0.1, -0.05) is 24.3 Å². The van der Waals surface area contributed by atoms with Crippen molar-refractivity contribution in [2.75, 3.05) is 10.8 Å². The van der Waals surface area contributed by atoms with Gasteiger partial charge in [-0.25, -0.2) is 0 Å². The fourth-order valence-electron chi connectivity index (χ4n) is 2.38. The summed E-state index contributed by atoms with van der Waals surface area (Å²) in [7, 11) is 0. The molecule has 0 saturated carbocycles. The molecular weight excluding hydrogens is 368 g/mol. The fraction of sp³-hybridized carbons (Fsp3) is 0.0556. The zero-order chi connectivity index (χ0) is 17.8. The first kappa shape index (κ1) is 16.5. The summed E-state index contributed by atoms with van der Waals surface area (Å²) < 4.78 is 13.2. The number of thiocarbonyl (C=S) groups is 1. The second-order valence-corrected chi connectivity index (χ2v) is 6.34. The number of para-hydroxylation sites is 1. The molecule has 0 amide bonds. The van der Waals surface area contributed by atoms with E-state index in [2.05, 4.69) is 20.3 Å². The number of ether oxygens (including phenoxy) is 1. The van der Waals surface area contributed by atoms with Gasteiger partial charge in [0.1, 0.15) is 11.5 Å². The number of aliphatic imine (C=N–C) groups is 1. The molecule has 0 bridgehead atoms. The Kier molecular flexibility index (Phi) is 4.79. The zero-order valence-electron chi connectivity index (χ0n) is 13.4. The summed E-state index contributed by atoms with van der Waals surface area (Å²) in [5.41, 5.74) is 1.22. The first-order valence-corrected chi connectivity index (χ1v) is 8.96. The second kappa shape index (κ2) is 7.53. The monoisotopic (exact) mass is 380 g/mol. The Bertz CT molecular complexity index is 989. The quantitative estimate of drug-likeness (QED) is 0.340. The highest BCUT2D eigenvalue weighted by molar-refractivity contribution is 8.03. The SMILES string of the molecule is S=C=Nc1cc(Oc2ccccc2)ccc1-c1nc(N2CC=CS2)no1. The highest BCUT2D eigenvalue weighted by Crippen LogP contribution is 2.35. The molecule has 0 atom stereocenters. The molecule has 4 rings (SSSR count). The highest BCUT2D eigenvalue weighted by Gasteiger charge is 2.19. The Morgan fingerprint density at radius 2 is 2.08 bits per heavy atom. The Morgan fingerprint density at radius 3 is 2.85 bits per heavy atom. The first-order chi connectivity index (χ1) is 12.8. The lowest BCUT2D eigenvalue weighted by Gasteiger charge is -2.08. The van der Waals surface area contributed by atoms with Gasteiger partial charge in [0.15, 0.2) is 0 Å². The maximum Gasteiger partial charge on any atom is 0.276 e. The van der Waals surface area contributed by atoms with E-state index in [1.807, 2.05) is 58.3 Å². The summed E-state index contributed by atoms with van der Waals surface area (Å²) in [6, 6.07) is 14.9. The lowest BCUT2D eigenvalue weighted by Crippen LogP contribution is -2.10. The van der Waals surface area contributed by atoms with Gasteiger partial charge in [0.25, 0.3) is 11.8 Å². The molecule has 0 fully saturated rings. The van der Waals surface area contributed by atoms with E-state index in [1.54, 1.807) is 6.07 Å². The maximum absolute atomic E-state index is 5.83. The Morgan fingerprint density at radius 1 is 1.19 bits per heavy atom. The average molecular weight is 380 g/mol. The Hall–Kier alpha value is -2.93. The molecule has 2 aromatic carbocycles. The van der Waals surface area contributed by atoms with Crippen molar-refractivity contribution in [2.45, 2.75) is 0 Å². The molecule has 2 heterocycles. The van der Waals surface area contributed by atoms with Crippen LogP contribution in [0, 0.1) is 0 Å². The van der Waals surface area contributed by atoms with Crippen molar-refractivity contribution in [2.24, 2.45) is 4.99 Å². The van der Waals surface area contributed by atoms with Crippen molar-refractivity contribution in [3.8, 4) is 23.0 Å². The van der Waals surface area contributed by atoms with E-state index < -0.39 is 0 Å². The van der Waals surface area contributed by atoms with Gasteiger partial charge >= 0.3 is 0 Å². The van der Waals surface area contributed by atoms with Gasteiger partial charge in [-0.15, -0.1) is 0 Å². The molecule has 0 spiro atoms. The van der Waals surface area contributed by atoms with Gasteiger partial charge in [-0.05, 0) is 59.0 Å². The van der Waals surface area contributed by atoms with Crippen LogP contribution in [-0.4, -0.2) is 21.8 Å². The number of hydrogen-bond donors (Lipinski definition) is 0. The molecule has 1 aliphatic rings. The molecule has 26 heavy (non-hydrogen) atoms. The van der Waals surface area contributed by atoms with E-state index in [1.165, 1.54) is 11.9 Å². The third kappa shape index (κ3) is 3.52. The Balaban J connectivity index is 1.64. The number of hydrogen-bond acceptors (Lipinski definition) is 8. The number of nitrogens with zero attached hydrogens (tertiary/aromatic N) is 4. The largest absolute Gasteiger partial charge is 0.457 e. The van der Waals surface area contributed by atoms with Gasteiger partial charge < -0.3 is 9.26 Å².